The molecule has 0 aliphatic carbocycles. The lowest BCUT2D eigenvalue weighted by atomic mass is 10.1. The van der Waals surface area contributed by atoms with Crippen LogP contribution in [0, 0.1) is 0 Å². The number of carbonyl (C=O) groups is 5. The first kappa shape index (κ1) is 35.8. The molecule has 0 aliphatic rings. The second kappa shape index (κ2) is 17.0. The molecular weight excluding hydrogens is 624 g/mol. The summed E-state index contributed by atoms with van der Waals surface area (Å²) in [7, 11) is 2.45. The van der Waals surface area contributed by atoms with Gasteiger partial charge in [-0.2, -0.15) is 0 Å². The maximum Gasteiger partial charge on any atom is 0.327 e. The number of hydrogen-bond donors (Lipinski definition) is 6. The SMILES string of the molecule is COc1nc(C(CC(=O)CC(SC[C@H](NC(C)=O)C(=O)O)c2c[nH]c(=O)c(OC)n2)SC[C@H](NC(C)=O)C(=O)O)c[nH]c1=O. The highest BCUT2D eigenvalue weighted by Gasteiger charge is 2.29. The van der Waals surface area contributed by atoms with Gasteiger partial charge in [0.1, 0.15) is 17.9 Å². The molecule has 19 heteroatoms. The maximum atomic E-state index is 13.5. The van der Waals surface area contributed by atoms with Gasteiger partial charge >= 0.3 is 23.1 Å². The highest BCUT2D eigenvalue weighted by molar-refractivity contribution is 7.99. The summed E-state index contributed by atoms with van der Waals surface area (Å²) in [4.78, 5) is 97.1. The third-order valence-electron chi connectivity index (χ3n) is 5.70. The minimum atomic E-state index is -1.30. The van der Waals surface area contributed by atoms with Crippen molar-refractivity contribution >= 4 is 53.1 Å². The number of thioether (sulfide) groups is 2. The van der Waals surface area contributed by atoms with Gasteiger partial charge in [0.15, 0.2) is 0 Å². The minimum absolute atomic E-state index is 0.163. The number of nitrogens with zero attached hydrogens (tertiary/aromatic N) is 2. The van der Waals surface area contributed by atoms with Gasteiger partial charge in [-0.3, -0.25) is 24.0 Å². The number of hydrogen-bond acceptors (Lipinski definition) is 13. The Bertz CT molecular complexity index is 1370. The van der Waals surface area contributed by atoms with Gasteiger partial charge in [0.25, 0.3) is 11.8 Å². The molecule has 0 saturated carbocycles. The fourth-order valence-electron chi connectivity index (χ4n) is 3.67. The summed E-state index contributed by atoms with van der Waals surface area (Å²) in [5, 5.41) is 22.0. The Morgan fingerprint density at radius 2 is 1.14 bits per heavy atom. The van der Waals surface area contributed by atoms with Crippen molar-refractivity contribution in [2.45, 2.75) is 49.3 Å². The van der Waals surface area contributed by atoms with E-state index in [0.29, 0.717) is 0 Å². The van der Waals surface area contributed by atoms with Gasteiger partial charge in [0.05, 0.1) is 36.1 Å². The fourth-order valence-corrected chi connectivity index (χ4v) is 6.16. The molecular formula is C25H32N6O11S2. The van der Waals surface area contributed by atoms with Crippen LogP contribution in [0.3, 0.4) is 0 Å². The van der Waals surface area contributed by atoms with E-state index in [1.165, 1.54) is 26.6 Å². The summed E-state index contributed by atoms with van der Waals surface area (Å²) in [6.07, 6.45) is 2.03. The van der Waals surface area contributed by atoms with Crippen molar-refractivity contribution in [3.05, 3.63) is 44.5 Å². The predicted molar refractivity (Wildman–Crippen MR) is 158 cm³/mol. The van der Waals surface area contributed by atoms with Gasteiger partial charge in [0, 0.05) is 50.6 Å². The van der Waals surface area contributed by atoms with Crippen molar-refractivity contribution in [1.29, 1.82) is 0 Å². The van der Waals surface area contributed by atoms with Gasteiger partial charge < -0.3 is 40.3 Å². The molecule has 44 heavy (non-hydrogen) atoms. The number of ether oxygens (including phenoxy) is 2. The lowest BCUT2D eigenvalue weighted by Crippen LogP contribution is -2.41. The second-order valence-electron chi connectivity index (χ2n) is 9.10. The van der Waals surface area contributed by atoms with E-state index in [9.17, 15) is 43.8 Å². The number of aromatic amines is 2. The van der Waals surface area contributed by atoms with E-state index in [-0.39, 0.29) is 47.5 Å². The third-order valence-corrected chi connectivity index (χ3v) is 8.38. The van der Waals surface area contributed by atoms with Gasteiger partial charge in [-0.15, -0.1) is 23.5 Å². The molecule has 17 nitrogen and oxygen atoms in total. The molecule has 6 N–H and O–H groups in total. The van der Waals surface area contributed by atoms with Gasteiger partial charge in [0.2, 0.25) is 11.8 Å². The molecule has 2 rings (SSSR count). The first-order chi connectivity index (χ1) is 20.7. The molecule has 0 fully saturated rings. The number of nitrogens with one attached hydrogen (secondary N) is 4. The van der Waals surface area contributed by atoms with E-state index in [4.69, 9.17) is 9.47 Å². The molecule has 2 aromatic heterocycles. The predicted octanol–water partition coefficient (Wildman–Crippen LogP) is -0.353. The normalized spacial score (nSPS) is 13.5. The number of carbonyl (C=O) groups excluding carboxylic acids is 3. The van der Waals surface area contributed by atoms with E-state index in [1.54, 1.807) is 0 Å². The molecule has 240 valence electrons. The van der Waals surface area contributed by atoms with E-state index < -0.39 is 63.2 Å². The smallest absolute Gasteiger partial charge is 0.327 e. The molecule has 0 aromatic carbocycles. The Balaban J connectivity index is 2.39. The summed E-state index contributed by atoms with van der Waals surface area (Å²) in [6.45, 7) is 2.32. The fraction of sp³-hybridized carbons (Fsp3) is 0.480. The largest absolute Gasteiger partial charge is 0.480 e. The van der Waals surface area contributed by atoms with Crippen LogP contribution >= 0.6 is 23.5 Å². The standard InChI is InChI=1S/C25H32N6O11S2/c1-11(32)28-16(24(37)38)9-43-18(14-7-26-20(35)22(30-14)41-3)5-13(34)6-19(15-8-27-21(36)23(31-15)42-4)44-10-17(25(39)40)29-12(2)33/h7-8,16-19H,5-6,9-10H2,1-4H3,(H,26,35)(H,27,36)(H,28,32)(H,29,33)(H,37,38)(H,39,40)/t16-,17-,18?,19?/m0/s1. The zero-order chi connectivity index (χ0) is 33.0. The molecule has 0 aliphatic heterocycles. The maximum absolute atomic E-state index is 13.5. The van der Waals surface area contributed by atoms with Crippen molar-refractivity contribution < 1.29 is 43.7 Å². The van der Waals surface area contributed by atoms with Crippen LogP contribution in [0.2, 0.25) is 0 Å². The zero-order valence-electron chi connectivity index (χ0n) is 24.1. The molecule has 2 heterocycles. The van der Waals surface area contributed by atoms with Crippen molar-refractivity contribution in [3.8, 4) is 11.8 Å². The zero-order valence-corrected chi connectivity index (χ0v) is 25.7. The molecule has 2 aromatic rings. The highest BCUT2D eigenvalue weighted by Crippen LogP contribution is 2.36. The Morgan fingerprint density at radius 1 is 0.773 bits per heavy atom. The van der Waals surface area contributed by atoms with Crippen LogP contribution in [-0.4, -0.2) is 97.5 Å². The average Bonchev–Trinajstić information content (AvgIpc) is 2.95. The number of H-pyrrole nitrogens is 2. The van der Waals surface area contributed by atoms with E-state index in [2.05, 4.69) is 30.6 Å². The molecule has 2 unspecified atom stereocenters. The summed E-state index contributed by atoms with van der Waals surface area (Å²) in [5.41, 5.74) is -0.878. The first-order valence-electron chi connectivity index (χ1n) is 12.8. The van der Waals surface area contributed by atoms with Gasteiger partial charge in [-0.05, 0) is 0 Å². The lowest BCUT2D eigenvalue weighted by molar-refractivity contribution is -0.141. The Hall–Kier alpha value is -4.39. The number of aromatic nitrogens is 4. The van der Waals surface area contributed by atoms with Crippen LogP contribution in [0.15, 0.2) is 22.0 Å². The Morgan fingerprint density at radius 3 is 1.43 bits per heavy atom. The summed E-state index contributed by atoms with van der Waals surface area (Å²) in [5.74, 6) is -5.04. The third kappa shape index (κ3) is 11.0. The van der Waals surface area contributed by atoms with Crippen LogP contribution in [0.1, 0.15) is 48.6 Å². The van der Waals surface area contributed by atoms with Crippen LogP contribution in [0.5, 0.6) is 11.8 Å². The molecule has 2 amide bonds. The molecule has 0 bridgehead atoms. The molecule has 0 radical (unpaired) electrons. The monoisotopic (exact) mass is 656 g/mol. The molecule has 4 atom stereocenters. The number of carboxylic acids is 2. The summed E-state index contributed by atoms with van der Waals surface area (Å²) < 4.78 is 9.96. The van der Waals surface area contributed by atoms with Gasteiger partial charge in [-0.25, -0.2) is 19.6 Å². The van der Waals surface area contributed by atoms with Crippen LogP contribution < -0.4 is 31.2 Å². The number of Topliss-reactive ketones (excluding diaryl/α,β-unsaturated/α-hetero) is 1. The Kier molecular flexibility index (Phi) is 13.9. The molecule has 0 saturated heterocycles. The van der Waals surface area contributed by atoms with Crippen LogP contribution in [0.25, 0.3) is 0 Å². The highest BCUT2D eigenvalue weighted by atomic mass is 32.2. The van der Waals surface area contributed by atoms with Crippen molar-refractivity contribution in [1.82, 2.24) is 30.6 Å². The number of rotatable bonds is 18. The number of ketones is 1. The van der Waals surface area contributed by atoms with Crippen molar-refractivity contribution in [2.24, 2.45) is 0 Å². The Labute approximate surface area is 258 Å². The van der Waals surface area contributed by atoms with Crippen LogP contribution in [-0.2, 0) is 24.0 Å². The van der Waals surface area contributed by atoms with Crippen LogP contribution in [0.4, 0.5) is 0 Å². The van der Waals surface area contributed by atoms with E-state index in [1.807, 2.05) is 0 Å². The topological polar surface area (TPSA) is 260 Å². The first-order valence-corrected chi connectivity index (χ1v) is 14.9. The molecule has 0 spiro atoms. The van der Waals surface area contributed by atoms with Gasteiger partial charge in [-0.1, -0.05) is 0 Å². The number of carboxylic acid groups (broad SMARTS) is 2. The lowest BCUT2D eigenvalue weighted by Gasteiger charge is -2.21. The number of amides is 2. The number of aliphatic carboxylic acids is 2. The quantitative estimate of drug-likeness (QED) is 0.120. The summed E-state index contributed by atoms with van der Waals surface area (Å²) >= 11 is 1.99. The average molecular weight is 657 g/mol. The number of methoxy groups -OCH3 is 2. The van der Waals surface area contributed by atoms with Crippen molar-refractivity contribution in [2.75, 3.05) is 25.7 Å². The minimum Gasteiger partial charge on any atom is -0.480 e. The summed E-state index contributed by atoms with van der Waals surface area (Å²) in [6, 6.07) is -2.58. The second-order valence-corrected chi connectivity index (χ2v) is 11.6. The van der Waals surface area contributed by atoms with Crippen molar-refractivity contribution in [3.63, 3.8) is 0 Å². The van der Waals surface area contributed by atoms with E-state index in [0.717, 1.165) is 37.4 Å². The van der Waals surface area contributed by atoms with E-state index >= 15 is 0 Å².